The number of Topliss-reactive ketones (excluding diaryl/α,β-unsaturated/α-hetero) is 1. The summed E-state index contributed by atoms with van der Waals surface area (Å²) in [5.41, 5.74) is 4.68. The summed E-state index contributed by atoms with van der Waals surface area (Å²) in [6, 6.07) is 5.01. The van der Waals surface area contributed by atoms with Gasteiger partial charge in [-0.25, -0.2) is 4.79 Å². The molecule has 49 heavy (non-hydrogen) atoms. The highest BCUT2D eigenvalue weighted by Crippen LogP contribution is 2.65. The van der Waals surface area contributed by atoms with E-state index in [1.807, 2.05) is 71.9 Å². The minimum absolute atomic E-state index is 0.0570. The standard InChI is InChI=1S/C37H56N6O6/c1-35(2,3)28(32(47)42(9)19-22-14-11-10-12-15-22)40-34(49)41-29(36(4,5)6)33(48)43-20-23-25(37(23,7)8)26(43)31(46)39-24(27(44)30(38)45)18-21-16-13-17-21/h10-12,14-15,21,23-26,28-29H,13,16-20H2,1-9H3,(H2,38,45)(H,39,46)(H2,40,41,49)/t23-,24?,25-,26-,28+,29+/m0/s1. The predicted octanol–water partition coefficient (Wildman–Crippen LogP) is 2.99. The maximum atomic E-state index is 14.4. The number of hydrogen-bond acceptors (Lipinski definition) is 6. The third-order valence-electron chi connectivity index (χ3n) is 10.8. The smallest absolute Gasteiger partial charge is 0.316 e. The summed E-state index contributed by atoms with van der Waals surface area (Å²) < 4.78 is 0. The van der Waals surface area contributed by atoms with Crippen LogP contribution in [0.2, 0.25) is 0 Å². The molecule has 6 atom stereocenters. The first kappa shape index (κ1) is 37.9. The lowest BCUT2D eigenvalue weighted by Gasteiger charge is -2.39. The molecule has 12 heteroatoms. The number of benzene rings is 1. The number of carbonyl (C=O) groups excluding carboxylic acids is 6. The maximum absolute atomic E-state index is 14.4. The summed E-state index contributed by atoms with van der Waals surface area (Å²) in [6.07, 6.45) is 3.18. The monoisotopic (exact) mass is 680 g/mol. The van der Waals surface area contributed by atoms with Crippen LogP contribution in [0.1, 0.15) is 86.6 Å². The summed E-state index contributed by atoms with van der Waals surface area (Å²) in [5.74, 6) is -3.02. The van der Waals surface area contributed by atoms with E-state index in [-0.39, 0.29) is 29.1 Å². The van der Waals surface area contributed by atoms with Crippen LogP contribution in [0.3, 0.4) is 0 Å². The number of nitrogens with one attached hydrogen (secondary N) is 3. The summed E-state index contributed by atoms with van der Waals surface area (Å²) in [5, 5.41) is 8.48. The van der Waals surface area contributed by atoms with Crippen LogP contribution in [-0.2, 0) is 30.5 Å². The molecule has 4 rings (SSSR count). The molecule has 1 unspecified atom stereocenters. The predicted molar refractivity (Wildman–Crippen MR) is 185 cm³/mol. The topological polar surface area (TPSA) is 171 Å². The third kappa shape index (κ3) is 8.44. The lowest BCUT2D eigenvalue weighted by molar-refractivity contribution is -0.145. The van der Waals surface area contributed by atoms with E-state index in [2.05, 4.69) is 29.8 Å². The van der Waals surface area contributed by atoms with Crippen molar-refractivity contribution in [2.45, 2.75) is 112 Å². The number of rotatable bonds is 12. The van der Waals surface area contributed by atoms with E-state index in [1.54, 1.807) is 11.9 Å². The third-order valence-corrected chi connectivity index (χ3v) is 10.8. The summed E-state index contributed by atoms with van der Waals surface area (Å²) in [4.78, 5) is 83.4. The van der Waals surface area contributed by atoms with Gasteiger partial charge in [0.25, 0.3) is 5.91 Å². The number of nitrogens with two attached hydrogens (primary N) is 1. The van der Waals surface area contributed by atoms with Gasteiger partial charge in [0.1, 0.15) is 18.1 Å². The Bertz CT molecular complexity index is 1440. The van der Waals surface area contributed by atoms with Crippen molar-refractivity contribution in [3.63, 3.8) is 0 Å². The number of likely N-dealkylation sites (tertiary alicyclic amines) is 1. The van der Waals surface area contributed by atoms with Crippen molar-refractivity contribution in [2.24, 2.45) is 39.7 Å². The first-order chi connectivity index (χ1) is 22.6. The molecule has 0 spiro atoms. The second-order valence-corrected chi connectivity index (χ2v) is 17.1. The molecule has 1 heterocycles. The molecule has 5 N–H and O–H groups in total. The molecular weight excluding hydrogens is 624 g/mol. The Morgan fingerprint density at radius 3 is 2.00 bits per heavy atom. The van der Waals surface area contributed by atoms with Crippen LogP contribution in [0.25, 0.3) is 0 Å². The molecule has 0 radical (unpaired) electrons. The molecule has 1 aromatic rings. The van der Waals surface area contributed by atoms with Gasteiger partial charge in [0, 0.05) is 20.1 Å². The van der Waals surface area contributed by atoms with Gasteiger partial charge >= 0.3 is 6.03 Å². The normalized spacial score (nSPS) is 23.2. The van der Waals surface area contributed by atoms with Gasteiger partial charge in [0.05, 0.1) is 6.04 Å². The van der Waals surface area contributed by atoms with Crippen molar-refractivity contribution in [1.29, 1.82) is 0 Å². The number of urea groups is 1. The zero-order valence-electron chi connectivity index (χ0n) is 30.6. The minimum atomic E-state index is -1.10. The van der Waals surface area contributed by atoms with E-state index in [4.69, 9.17) is 5.73 Å². The molecule has 1 saturated heterocycles. The number of fused-ring (bicyclic) bond motifs is 1. The highest BCUT2D eigenvalue weighted by molar-refractivity contribution is 6.37. The van der Waals surface area contributed by atoms with Gasteiger partial charge in [0.2, 0.25) is 23.5 Å². The Labute approximate surface area is 290 Å². The molecule has 12 nitrogen and oxygen atoms in total. The van der Waals surface area contributed by atoms with Crippen molar-refractivity contribution in [2.75, 3.05) is 13.6 Å². The van der Waals surface area contributed by atoms with Crippen LogP contribution in [0.15, 0.2) is 30.3 Å². The van der Waals surface area contributed by atoms with E-state index in [9.17, 15) is 28.8 Å². The number of nitrogens with zero attached hydrogens (tertiary/aromatic N) is 2. The fourth-order valence-electron chi connectivity index (χ4n) is 7.46. The lowest BCUT2D eigenvalue weighted by Crippen LogP contribution is -2.63. The Balaban J connectivity index is 1.52. The van der Waals surface area contributed by atoms with Crippen LogP contribution in [0.4, 0.5) is 4.79 Å². The van der Waals surface area contributed by atoms with Gasteiger partial charge in [-0.05, 0) is 46.0 Å². The number of likely N-dealkylation sites (N-methyl/N-ethyl adjacent to an activating group) is 1. The summed E-state index contributed by atoms with van der Waals surface area (Å²) in [6.45, 7) is 15.8. The molecule has 1 aromatic carbocycles. The quantitative estimate of drug-likeness (QED) is 0.247. The molecule has 3 aliphatic rings. The van der Waals surface area contributed by atoms with E-state index in [0.29, 0.717) is 19.5 Å². The van der Waals surface area contributed by atoms with Gasteiger partial charge in [-0.15, -0.1) is 0 Å². The highest BCUT2D eigenvalue weighted by atomic mass is 16.2. The van der Waals surface area contributed by atoms with Gasteiger partial charge in [-0.2, -0.15) is 0 Å². The van der Waals surface area contributed by atoms with Crippen molar-refractivity contribution < 1.29 is 28.8 Å². The first-order valence-electron chi connectivity index (χ1n) is 17.4. The van der Waals surface area contributed by atoms with E-state index in [1.165, 1.54) is 4.90 Å². The number of amides is 6. The van der Waals surface area contributed by atoms with Crippen LogP contribution < -0.4 is 21.7 Å². The van der Waals surface area contributed by atoms with Gasteiger partial charge in [0.15, 0.2) is 0 Å². The highest BCUT2D eigenvalue weighted by Gasteiger charge is 2.70. The van der Waals surface area contributed by atoms with Crippen molar-refractivity contribution in [3.8, 4) is 0 Å². The molecule has 2 aliphatic carbocycles. The summed E-state index contributed by atoms with van der Waals surface area (Å²) in [7, 11) is 1.69. The average Bonchev–Trinajstić information content (AvgIpc) is 3.29. The van der Waals surface area contributed by atoms with Crippen LogP contribution in [0, 0.1) is 34.0 Å². The largest absolute Gasteiger partial charge is 0.363 e. The maximum Gasteiger partial charge on any atom is 0.316 e. The minimum Gasteiger partial charge on any atom is -0.363 e. The first-order valence-corrected chi connectivity index (χ1v) is 17.4. The van der Waals surface area contributed by atoms with E-state index in [0.717, 1.165) is 24.8 Å². The second kappa shape index (κ2) is 14.1. The van der Waals surface area contributed by atoms with Crippen LogP contribution in [-0.4, -0.2) is 83.0 Å². The molecule has 3 fully saturated rings. The molecule has 1 aliphatic heterocycles. The molecule has 0 aromatic heterocycles. The number of hydrogen-bond donors (Lipinski definition) is 4. The van der Waals surface area contributed by atoms with Crippen LogP contribution >= 0.6 is 0 Å². The molecule has 0 bridgehead atoms. The van der Waals surface area contributed by atoms with E-state index < -0.39 is 64.5 Å². The second-order valence-electron chi connectivity index (χ2n) is 17.1. The zero-order valence-corrected chi connectivity index (χ0v) is 30.6. The molecule has 270 valence electrons. The van der Waals surface area contributed by atoms with E-state index >= 15 is 0 Å². The number of ketones is 1. The Morgan fingerprint density at radius 1 is 0.918 bits per heavy atom. The molecular formula is C37H56N6O6. The number of carbonyl (C=O) groups is 6. The van der Waals surface area contributed by atoms with Crippen LogP contribution in [0.5, 0.6) is 0 Å². The Morgan fingerprint density at radius 2 is 1.49 bits per heavy atom. The molecule has 6 amide bonds. The van der Waals surface area contributed by atoms with Crippen molar-refractivity contribution >= 4 is 35.4 Å². The number of primary amides is 1. The Kier molecular flexibility index (Phi) is 10.9. The number of piperidine rings is 1. The Hall–Kier alpha value is -3.96. The van der Waals surface area contributed by atoms with Gasteiger partial charge in [-0.1, -0.05) is 105 Å². The fraction of sp³-hybridized carbons (Fsp3) is 0.676. The zero-order chi connectivity index (χ0) is 36.6. The van der Waals surface area contributed by atoms with Gasteiger partial charge in [-0.3, -0.25) is 24.0 Å². The molecule has 2 saturated carbocycles. The fourth-order valence-corrected chi connectivity index (χ4v) is 7.46. The average molecular weight is 681 g/mol. The summed E-state index contributed by atoms with van der Waals surface area (Å²) >= 11 is 0. The van der Waals surface area contributed by atoms with Crippen molar-refractivity contribution in [1.82, 2.24) is 25.8 Å². The van der Waals surface area contributed by atoms with Gasteiger partial charge < -0.3 is 31.5 Å². The lowest BCUT2D eigenvalue weighted by atomic mass is 9.80. The van der Waals surface area contributed by atoms with Crippen molar-refractivity contribution in [3.05, 3.63) is 35.9 Å². The SMILES string of the molecule is CN(Cc1ccccc1)C(=O)[C@@H](NC(=O)N[C@H](C(=O)N1C[C@H]2[C@@H]([C@H]1C(=O)NC(CC1CCC1)C(=O)C(N)=O)C2(C)C)C(C)(C)C)C(C)(C)C.